The van der Waals surface area contributed by atoms with Crippen LogP contribution in [0.4, 0.5) is 0 Å². The third-order valence-electron chi connectivity index (χ3n) is 1.70. The van der Waals surface area contributed by atoms with Crippen molar-refractivity contribution in [1.82, 2.24) is 0 Å². The maximum Gasteiger partial charge on any atom is 0.246 e. The molecular weight excluding hydrogens is 152 g/mol. The van der Waals surface area contributed by atoms with Gasteiger partial charge in [-0.1, -0.05) is 27.7 Å². The minimum Gasteiger partial charge on any atom is -0.402 e. The third kappa shape index (κ3) is 2.57. The minimum atomic E-state index is -0.415. The Morgan fingerprint density at radius 3 is 1.75 bits per heavy atom. The number of primary amides is 1. The second-order valence-electron chi connectivity index (χ2n) is 3.87. The molecule has 3 nitrogen and oxygen atoms in total. The third-order valence-corrected chi connectivity index (χ3v) is 1.70. The van der Waals surface area contributed by atoms with Crippen LogP contribution in [0.25, 0.3) is 0 Å². The molecule has 1 amide bonds. The summed E-state index contributed by atoms with van der Waals surface area (Å²) in [6.45, 7) is 7.69. The first-order chi connectivity index (χ1) is 5.30. The van der Waals surface area contributed by atoms with Gasteiger partial charge in [0.2, 0.25) is 5.91 Å². The van der Waals surface area contributed by atoms with Crippen molar-refractivity contribution in [2.75, 3.05) is 0 Å². The number of nitrogens with two attached hydrogens (primary N) is 2. The van der Waals surface area contributed by atoms with Gasteiger partial charge >= 0.3 is 0 Å². The molecule has 4 N–H and O–H groups in total. The van der Waals surface area contributed by atoms with Gasteiger partial charge in [0.1, 0.15) is 0 Å². The molecule has 0 bridgehead atoms. The average Bonchev–Trinajstić information content (AvgIpc) is 1.83. The van der Waals surface area contributed by atoms with Gasteiger partial charge in [0.05, 0.1) is 0 Å². The molecule has 12 heavy (non-hydrogen) atoms. The normalized spacial score (nSPS) is 14.0. The number of amides is 1. The fraction of sp³-hybridized carbons (Fsp3) is 0.667. The van der Waals surface area contributed by atoms with Gasteiger partial charge in [0.15, 0.2) is 0 Å². The van der Waals surface area contributed by atoms with Crippen LogP contribution >= 0.6 is 0 Å². The van der Waals surface area contributed by atoms with Crippen molar-refractivity contribution in [1.29, 1.82) is 0 Å². The molecule has 0 saturated carbocycles. The van der Waals surface area contributed by atoms with Crippen molar-refractivity contribution in [2.24, 2.45) is 16.9 Å². The quantitative estimate of drug-likeness (QED) is 0.610. The van der Waals surface area contributed by atoms with E-state index >= 15 is 0 Å². The molecule has 0 saturated heterocycles. The lowest BCUT2D eigenvalue weighted by Gasteiger charge is -2.22. The molecule has 0 rings (SSSR count). The van der Waals surface area contributed by atoms with Crippen molar-refractivity contribution in [3.63, 3.8) is 0 Å². The summed E-state index contributed by atoms with van der Waals surface area (Å²) < 4.78 is 0. The minimum absolute atomic E-state index is 0.258. The van der Waals surface area contributed by atoms with E-state index < -0.39 is 5.91 Å². The predicted molar refractivity (Wildman–Crippen MR) is 50.2 cm³/mol. The first-order valence-corrected chi connectivity index (χ1v) is 4.09. The van der Waals surface area contributed by atoms with E-state index in [1.54, 1.807) is 0 Å². The molecule has 0 aromatic rings. The second-order valence-corrected chi connectivity index (χ2v) is 3.87. The van der Waals surface area contributed by atoms with Crippen molar-refractivity contribution in [3.05, 3.63) is 11.3 Å². The summed E-state index contributed by atoms with van der Waals surface area (Å²) in [7, 11) is 0. The van der Waals surface area contributed by atoms with Gasteiger partial charge in [-0.25, -0.2) is 0 Å². The molecule has 0 fully saturated rings. The second kappa shape index (κ2) is 3.61. The van der Waals surface area contributed by atoms with E-state index in [4.69, 9.17) is 11.5 Å². The Hall–Kier alpha value is -0.990. The van der Waals surface area contributed by atoms with Crippen LogP contribution in [0.5, 0.6) is 0 Å². The van der Waals surface area contributed by atoms with E-state index in [1.165, 1.54) is 0 Å². The maximum absolute atomic E-state index is 11.0. The van der Waals surface area contributed by atoms with Crippen LogP contribution in [-0.2, 0) is 4.79 Å². The summed E-state index contributed by atoms with van der Waals surface area (Å²) in [4.78, 5) is 11.0. The standard InChI is InChI=1S/C9H18N2O/c1-5-6(10)7(8(11)12)9(2,3)4/h5,10H2,1-4H3,(H2,11,12)/b7-6+. The number of carbonyl (C=O) groups is 1. The number of rotatable bonds is 2. The smallest absolute Gasteiger partial charge is 0.246 e. The number of hydrogen-bond acceptors (Lipinski definition) is 2. The summed E-state index contributed by atoms with van der Waals surface area (Å²) in [5.74, 6) is -0.415. The first-order valence-electron chi connectivity index (χ1n) is 4.09. The van der Waals surface area contributed by atoms with E-state index in [-0.39, 0.29) is 5.41 Å². The highest BCUT2D eigenvalue weighted by Crippen LogP contribution is 2.26. The summed E-state index contributed by atoms with van der Waals surface area (Å²) in [6.07, 6.45) is 0.662. The summed E-state index contributed by atoms with van der Waals surface area (Å²) in [6, 6.07) is 0. The van der Waals surface area contributed by atoms with Crippen LogP contribution in [-0.4, -0.2) is 5.91 Å². The molecule has 0 aromatic carbocycles. The van der Waals surface area contributed by atoms with Gasteiger partial charge in [-0.3, -0.25) is 4.79 Å². The largest absolute Gasteiger partial charge is 0.402 e. The Morgan fingerprint density at radius 1 is 1.25 bits per heavy atom. The highest BCUT2D eigenvalue weighted by molar-refractivity contribution is 5.93. The lowest BCUT2D eigenvalue weighted by atomic mass is 9.84. The Kier molecular flexibility index (Phi) is 3.31. The van der Waals surface area contributed by atoms with Crippen LogP contribution in [0.2, 0.25) is 0 Å². The van der Waals surface area contributed by atoms with Crippen LogP contribution in [0, 0.1) is 5.41 Å². The number of hydrogen-bond donors (Lipinski definition) is 2. The molecule has 3 heteroatoms. The molecule has 0 spiro atoms. The molecule has 0 aromatic heterocycles. The molecular formula is C9H18N2O. The molecule has 0 aliphatic heterocycles. The predicted octanol–water partition coefficient (Wildman–Crippen LogP) is 1.14. The molecule has 0 heterocycles. The molecule has 70 valence electrons. The molecule has 0 radical (unpaired) electrons. The SMILES string of the molecule is CC/C(N)=C(/C(N)=O)C(C)(C)C. The van der Waals surface area contributed by atoms with Crippen molar-refractivity contribution in [3.8, 4) is 0 Å². The van der Waals surface area contributed by atoms with Crippen molar-refractivity contribution < 1.29 is 4.79 Å². The van der Waals surface area contributed by atoms with Crippen molar-refractivity contribution in [2.45, 2.75) is 34.1 Å². The van der Waals surface area contributed by atoms with E-state index in [0.29, 0.717) is 17.7 Å². The zero-order chi connectivity index (χ0) is 9.94. The molecule has 0 aliphatic carbocycles. The van der Waals surface area contributed by atoms with Gasteiger partial charge in [0.25, 0.3) is 0 Å². The Balaban J connectivity index is 5.07. The van der Waals surface area contributed by atoms with E-state index in [9.17, 15) is 4.79 Å². The number of allylic oxidation sites excluding steroid dienone is 1. The zero-order valence-corrected chi connectivity index (χ0v) is 8.27. The van der Waals surface area contributed by atoms with Gasteiger partial charge < -0.3 is 11.5 Å². The highest BCUT2D eigenvalue weighted by Gasteiger charge is 2.24. The van der Waals surface area contributed by atoms with Gasteiger partial charge in [-0.15, -0.1) is 0 Å². The molecule has 0 atom stereocenters. The lowest BCUT2D eigenvalue weighted by molar-refractivity contribution is -0.115. The van der Waals surface area contributed by atoms with Gasteiger partial charge in [-0.2, -0.15) is 0 Å². The van der Waals surface area contributed by atoms with Crippen LogP contribution in [0.3, 0.4) is 0 Å². The maximum atomic E-state index is 11.0. The fourth-order valence-electron chi connectivity index (χ4n) is 1.19. The average molecular weight is 170 g/mol. The Morgan fingerprint density at radius 2 is 1.67 bits per heavy atom. The number of carbonyl (C=O) groups excluding carboxylic acids is 1. The summed E-state index contributed by atoms with van der Waals surface area (Å²) in [5, 5.41) is 0. The lowest BCUT2D eigenvalue weighted by Crippen LogP contribution is -2.28. The van der Waals surface area contributed by atoms with Crippen LogP contribution in [0.1, 0.15) is 34.1 Å². The van der Waals surface area contributed by atoms with E-state index in [1.807, 2.05) is 27.7 Å². The molecule has 0 unspecified atom stereocenters. The molecule has 0 aliphatic rings. The van der Waals surface area contributed by atoms with Gasteiger partial charge in [0, 0.05) is 11.3 Å². The van der Waals surface area contributed by atoms with Crippen LogP contribution in [0.15, 0.2) is 11.3 Å². The first kappa shape index (κ1) is 11.0. The summed E-state index contributed by atoms with van der Waals surface area (Å²) >= 11 is 0. The summed E-state index contributed by atoms with van der Waals surface area (Å²) in [5.41, 5.74) is 11.8. The fourth-order valence-corrected chi connectivity index (χ4v) is 1.19. The zero-order valence-electron chi connectivity index (χ0n) is 8.27. The Bertz CT molecular complexity index is 211. The van der Waals surface area contributed by atoms with Crippen molar-refractivity contribution >= 4 is 5.91 Å². The monoisotopic (exact) mass is 170 g/mol. The van der Waals surface area contributed by atoms with Crippen LogP contribution < -0.4 is 11.5 Å². The highest BCUT2D eigenvalue weighted by atomic mass is 16.1. The Labute approximate surface area is 73.8 Å². The van der Waals surface area contributed by atoms with E-state index in [2.05, 4.69) is 0 Å². The van der Waals surface area contributed by atoms with E-state index in [0.717, 1.165) is 0 Å². The van der Waals surface area contributed by atoms with Gasteiger partial charge in [-0.05, 0) is 11.8 Å². The topological polar surface area (TPSA) is 69.1 Å².